The van der Waals surface area contributed by atoms with Crippen molar-refractivity contribution < 1.29 is 0 Å². The van der Waals surface area contributed by atoms with Crippen LogP contribution < -0.4 is 5.32 Å². The molecule has 2 aliphatic rings. The van der Waals surface area contributed by atoms with E-state index in [4.69, 9.17) is 0 Å². The summed E-state index contributed by atoms with van der Waals surface area (Å²) in [6.45, 7) is 3.61. The van der Waals surface area contributed by atoms with Crippen molar-refractivity contribution in [3.05, 3.63) is 34.3 Å². The Morgan fingerprint density at radius 1 is 1.29 bits per heavy atom. The molecule has 2 saturated carbocycles. The number of hydrogen-bond donors (Lipinski definition) is 1. The van der Waals surface area contributed by atoms with Gasteiger partial charge in [-0.25, -0.2) is 0 Å². The zero-order chi connectivity index (χ0) is 11.8. The molecule has 0 bridgehead atoms. The fourth-order valence-corrected chi connectivity index (χ4v) is 3.24. The molecule has 17 heavy (non-hydrogen) atoms. The summed E-state index contributed by atoms with van der Waals surface area (Å²) in [6, 6.07) is 9.54. The average molecular weight is 294 g/mol. The van der Waals surface area contributed by atoms with Crippen LogP contribution in [0.5, 0.6) is 0 Å². The zero-order valence-corrected chi connectivity index (χ0v) is 11.9. The average Bonchev–Trinajstić information content (AvgIpc) is 2.92. The van der Waals surface area contributed by atoms with Crippen molar-refractivity contribution in [2.24, 2.45) is 11.8 Å². The van der Waals surface area contributed by atoms with Crippen LogP contribution in [-0.4, -0.2) is 12.6 Å². The van der Waals surface area contributed by atoms with E-state index >= 15 is 0 Å². The highest BCUT2D eigenvalue weighted by atomic mass is 79.9. The van der Waals surface area contributed by atoms with Crippen molar-refractivity contribution >= 4 is 15.9 Å². The van der Waals surface area contributed by atoms with Gasteiger partial charge in [0, 0.05) is 10.5 Å². The van der Waals surface area contributed by atoms with Crippen LogP contribution in [0.2, 0.25) is 0 Å². The molecule has 1 nitrogen and oxygen atoms in total. The molecule has 0 aliphatic heterocycles. The molecular weight excluding hydrogens is 274 g/mol. The van der Waals surface area contributed by atoms with Crippen LogP contribution in [0.3, 0.4) is 0 Å². The highest BCUT2D eigenvalue weighted by Gasteiger charge is 2.35. The molecule has 2 unspecified atom stereocenters. The molecule has 1 aromatic carbocycles. The van der Waals surface area contributed by atoms with Gasteiger partial charge in [0.15, 0.2) is 0 Å². The van der Waals surface area contributed by atoms with Crippen molar-refractivity contribution in [1.29, 1.82) is 0 Å². The lowest BCUT2D eigenvalue weighted by atomic mass is 9.76. The van der Waals surface area contributed by atoms with Gasteiger partial charge in [0.05, 0.1) is 0 Å². The molecule has 2 aliphatic carbocycles. The van der Waals surface area contributed by atoms with E-state index in [1.165, 1.54) is 35.8 Å². The van der Waals surface area contributed by atoms with Crippen LogP contribution in [0.25, 0.3) is 0 Å². The molecule has 2 heteroatoms. The molecule has 0 amide bonds. The molecule has 0 aromatic heterocycles. The number of halogens is 1. The lowest BCUT2D eigenvalue weighted by molar-refractivity contribution is 0.287. The molecule has 0 radical (unpaired) electrons. The van der Waals surface area contributed by atoms with E-state index in [0.29, 0.717) is 0 Å². The highest BCUT2D eigenvalue weighted by Crippen LogP contribution is 2.40. The van der Waals surface area contributed by atoms with Crippen LogP contribution in [0.4, 0.5) is 0 Å². The third-order valence-electron chi connectivity index (χ3n) is 4.40. The number of nitrogens with one attached hydrogen (secondary N) is 1. The Hall–Kier alpha value is -0.340. The third kappa shape index (κ3) is 2.74. The first-order valence-corrected chi connectivity index (χ1v) is 7.50. The molecular formula is C15H20BrN. The van der Waals surface area contributed by atoms with Crippen molar-refractivity contribution in [2.45, 2.75) is 38.1 Å². The molecule has 0 heterocycles. The van der Waals surface area contributed by atoms with Gasteiger partial charge in [-0.15, -0.1) is 0 Å². The Bertz CT molecular complexity index is 398. The van der Waals surface area contributed by atoms with E-state index in [1.807, 2.05) is 0 Å². The smallest absolute Gasteiger partial charge is 0.0178 e. The van der Waals surface area contributed by atoms with Crippen LogP contribution in [0, 0.1) is 11.8 Å². The predicted octanol–water partition coefficient (Wildman–Crippen LogP) is 3.94. The molecule has 92 valence electrons. The maximum atomic E-state index is 3.71. The Morgan fingerprint density at radius 2 is 2.06 bits per heavy atom. The van der Waals surface area contributed by atoms with Crippen LogP contribution >= 0.6 is 15.9 Å². The fraction of sp³-hybridized carbons (Fsp3) is 0.600. The van der Waals surface area contributed by atoms with Gasteiger partial charge in [-0.05, 0) is 61.3 Å². The largest absolute Gasteiger partial charge is 0.314 e. The lowest BCUT2D eigenvalue weighted by Gasteiger charge is -2.36. The number of benzene rings is 1. The van der Waals surface area contributed by atoms with E-state index in [2.05, 4.69) is 52.4 Å². The van der Waals surface area contributed by atoms with Crippen molar-refractivity contribution in [3.63, 3.8) is 0 Å². The second kappa shape index (κ2) is 4.74. The summed E-state index contributed by atoms with van der Waals surface area (Å²) < 4.78 is 1.21. The van der Waals surface area contributed by atoms with Gasteiger partial charge in [0.1, 0.15) is 0 Å². The Kier molecular flexibility index (Phi) is 3.27. The molecule has 2 atom stereocenters. The maximum Gasteiger partial charge on any atom is 0.0178 e. The first-order chi connectivity index (χ1) is 8.22. The Morgan fingerprint density at radius 3 is 2.71 bits per heavy atom. The summed E-state index contributed by atoms with van der Waals surface area (Å²) >= 11 is 3.55. The van der Waals surface area contributed by atoms with Crippen LogP contribution in [0.15, 0.2) is 28.7 Å². The zero-order valence-electron chi connectivity index (χ0n) is 10.3. The van der Waals surface area contributed by atoms with E-state index in [0.717, 1.165) is 23.8 Å². The second-order valence-corrected chi connectivity index (χ2v) is 6.72. The van der Waals surface area contributed by atoms with Crippen LogP contribution in [0.1, 0.15) is 37.7 Å². The van der Waals surface area contributed by atoms with Gasteiger partial charge < -0.3 is 5.32 Å². The molecule has 2 fully saturated rings. The molecule has 0 saturated heterocycles. The summed E-state index contributed by atoms with van der Waals surface area (Å²) in [5.74, 6) is 2.73. The monoisotopic (exact) mass is 293 g/mol. The van der Waals surface area contributed by atoms with Gasteiger partial charge >= 0.3 is 0 Å². The lowest BCUT2D eigenvalue weighted by Crippen LogP contribution is -2.41. The molecule has 0 spiro atoms. The normalized spacial score (nSPS) is 35.4. The molecule has 3 rings (SSSR count). The number of hydrogen-bond acceptors (Lipinski definition) is 1. The minimum atomic E-state index is 0.770. The van der Waals surface area contributed by atoms with Crippen LogP contribution in [-0.2, 0) is 0 Å². The van der Waals surface area contributed by atoms with Gasteiger partial charge in [0.2, 0.25) is 0 Å². The summed E-state index contributed by atoms with van der Waals surface area (Å²) in [5, 5.41) is 3.71. The summed E-state index contributed by atoms with van der Waals surface area (Å²) in [6.07, 6.45) is 4.07. The quantitative estimate of drug-likeness (QED) is 0.887. The highest BCUT2D eigenvalue weighted by molar-refractivity contribution is 9.10. The third-order valence-corrected chi connectivity index (χ3v) is 4.90. The SMILES string of the molecule is CC1CC1CNC1CC(c2cccc(Br)c2)C1. The molecule has 1 N–H and O–H groups in total. The Labute approximate surface area is 112 Å². The first kappa shape index (κ1) is 11.7. The van der Waals surface area contributed by atoms with E-state index in [9.17, 15) is 0 Å². The maximum absolute atomic E-state index is 3.71. The van der Waals surface area contributed by atoms with E-state index in [-0.39, 0.29) is 0 Å². The van der Waals surface area contributed by atoms with Gasteiger partial charge in [0.25, 0.3) is 0 Å². The van der Waals surface area contributed by atoms with Gasteiger partial charge in [-0.1, -0.05) is 35.0 Å². The summed E-state index contributed by atoms with van der Waals surface area (Å²) in [7, 11) is 0. The number of rotatable bonds is 4. The molecule has 1 aromatic rings. The second-order valence-electron chi connectivity index (χ2n) is 5.80. The van der Waals surface area contributed by atoms with Gasteiger partial charge in [-0.2, -0.15) is 0 Å². The van der Waals surface area contributed by atoms with E-state index < -0.39 is 0 Å². The van der Waals surface area contributed by atoms with Crippen molar-refractivity contribution in [1.82, 2.24) is 5.32 Å². The first-order valence-electron chi connectivity index (χ1n) is 6.71. The minimum Gasteiger partial charge on any atom is -0.314 e. The topological polar surface area (TPSA) is 12.0 Å². The standard InChI is InChI=1S/C15H20BrN/c1-10-5-13(10)9-17-15-7-12(8-15)11-3-2-4-14(16)6-11/h2-4,6,10,12-13,15,17H,5,7-9H2,1H3. The minimum absolute atomic E-state index is 0.770. The fourth-order valence-electron chi connectivity index (χ4n) is 2.82. The summed E-state index contributed by atoms with van der Waals surface area (Å²) in [5.41, 5.74) is 1.50. The summed E-state index contributed by atoms with van der Waals surface area (Å²) in [4.78, 5) is 0. The van der Waals surface area contributed by atoms with Crippen molar-refractivity contribution in [3.8, 4) is 0 Å². The predicted molar refractivity (Wildman–Crippen MR) is 75.2 cm³/mol. The van der Waals surface area contributed by atoms with Crippen molar-refractivity contribution in [2.75, 3.05) is 6.54 Å². The van der Waals surface area contributed by atoms with Gasteiger partial charge in [-0.3, -0.25) is 0 Å². The Balaban J connectivity index is 1.44. The van der Waals surface area contributed by atoms with E-state index in [1.54, 1.807) is 0 Å².